The topological polar surface area (TPSA) is 74.0 Å². The fraction of sp³-hybridized carbons (Fsp3) is 0.462. The van der Waals surface area contributed by atoms with E-state index >= 15 is 0 Å². The molecular formula is C13H17N5O2. The Bertz CT molecular complexity index is 653. The maximum absolute atomic E-state index is 11.1. The van der Waals surface area contributed by atoms with Gasteiger partial charge in [-0.25, -0.2) is 4.79 Å². The molecule has 0 aliphatic carbocycles. The van der Waals surface area contributed by atoms with E-state index in [0.29, 0.717) is 5.65 Å². The third kappa shape index (κ3) is 2.14. The van der Waals surface area contributed by atoms with Gasteiger partial charge in [0.2, 0.25) is 0 Å². The number of hydrogen-bond acceptors (Lipinski definition) is 5. The lowest BCUT2D eigenvalue weighted by Crippen LogP contribution is -2.45. The molecule has 0 bridgehead atoms. The molecule has 0 spiro atoms. The smallest absolute Gasteiger partial charge is 0.337 e. The van der Waals surface area contributed by atoms with Gasteiger partial charge in [-0.1, -0.05) is 0 Å². The summed E-state index contributed by atoms with van der Waals surface area (Å²) in [5, 5.41) is 17.5. The lowest BCUT2D eigenvalue weighted by molar-refractivity contribution is 0.0696. The minimum absolute atomic E-state index is 0.118. The molecule has 1 saturated heterocycles. The molecule has 1 fully saturated rings. The predicted octanol–water partition coefficient (Wildman–Crippen LogP) is 0.346. The number of hydrogen-bond donors (Lipinski definition) is 1. The van der Waals surface area contributed by atoms with Gasteiger partial charge in [-0.05, 0) is 26.2 Å². The van der Waals surface area contributed by atoms with Crippen LogP contribution in [0.5, 0.6) is 0 Å². The van der Waals surface area contributed by atoms with Crippen molar-refractivity contribution in [2.45, 2.75) is 6.04 Å². The number of aromatic carboxylic acids is 1. The van der Waals surface area contributed by atoms with E-state index in [4.69, 9.17) is 5.11 Å². The van der Waals surface area contributed by atoms with Gasteiger partial charge >= 0.3 is 5.97 Å². The Morgan fingerprint density at radius 2 is 2.10 bits per heavy atom. The first kappa shape index (κ1) is 13.0. The molecule has 2 aromatic heterocycles. The summed E-state index contributed by atoms with van der Waals surface area (Å²) in [6, 6.07) is 3.35. The number of carbonyl (C=O) groups is 1. The first-order chi connectivity index (χ1) is 9.56. The van der Waals surface area contributed by atoms with Crippen LogP contribution in [0.4, 0.5) is 0 Å². The van der Waals surface area contributed by atoms with Gasteiger partial charge < -0.3 is 10.0 Å². The molecule has 3 heterocycles. The predicted molar refractivity (Wildman–Crippen MR) is 72.8 cm³/mol. The summed E-state index contributed by atoms with van der Waals surface area (Å²) in [6.45, 7) is 2.83. The third-order valence-electron chi connectivity index (χ3n) is 3.82. The van der Waals surface area contributed by atoms with Crippen LogP contribution >= 0.6 is 0 Å². The summed E-state index contributed by atoms with van der Waals surface area (Å²) in [5.74, 6) is -0.155. The second-order valence-electron chi connectivity index (χ2n) is 5.27. The van der Waals surface area contributed by atoms with Gasteiger partial charge in [-0.3, -0.25) is 9.30 Å². The van der Waals surface area contributed by atoms with E-state index in [1.807, 2.05) is 0 Å². The second-order valence-corrected chi connectivity index (χ2v) is 5.27. The largest absolute Gasteiger partial charge is 0.478 e. The third-order valence-corrected chi connectivity index (χ3v) is 3.82. The number of carboxylic acids is 1. The van der Waals surface area contributed by atoms with E-state index in [-0.39, 0.29) is 11.6 Å². The van der Waals surface area contributed by atoms with Gasteiger partial charge in [0.15, 0.2) is 11.5 Å². The molecule has 0 unspecified atom stereocenters. The van der Waals surface area contributed by atoms with Crippen molar-refractivity contribution >= 4 is 11.6 Å². The van der Waals surface area contributed by atoms with Crippen LogP contribution in [0.1, 0.15) is 22.2 Å². The van der Waals surface area contributed by atoms with Crippen LogP contribution in [0.15, 0.2) is 18.3 Å². The van der Waals surface area contributed by atoms with Crippen LogP contribution in [0.25, 0.3) is 5.65 Å². The Morgan fingerprint density at radius 1 is 1.30 bits per heavy atom. The summed E-state index contributed by atoms with van der Waals surface area (Å²) in [7, 11) is 4.13. The SMILES string of the molecule is CN1CCN(C)[C@@H](c2nnc3ccc(C(=O)O)cn23)C1. The maximum atomic E-state index is 11.1. The van der Waals surface area contributed by atoms with E-state index in [1.54, 1.807) is 22.7 Å². The molecule has 7 heteroatoms. The highest BCUT2D eigenvalue weighted by Gasteiger charge is 2.27. The van der Waals surface area contributed by atoms with Crippen molar-refractivity contribution in [2.75, 3.05) is 33.7 Å². The van der Waals surface area contributed by atoms with Crippen molar-refractivity contribution in [1.82, 2.24) is 24.4 Å². The van der Waals surface area contributed by atoms with Gasteiger partial charge in [-0.2, -0.15) is 0 Å². The fourth-order valence-corrected chi connectivity index (χ4v) is 2.55. The standard InChI is InChI=1S/C13H17N5O2/c1-16-5-6-17(2)10(8-16)12-15-14-11-4-3-9(13(19)20)7-18(11)12/h3-4,7,10H,5-6,8H2,1-2H3,(H,19,20)/t10-/m1/s1. The molecule has 3 rings (SSSR count). The summed E-state index contributed by atoms with van der Waals surface area (Å²) in [6.07, 6.45) is 1.59. The normalized spacial score (nSPS) is 21.4. The fourth-order valence-electron chi connectivity index (χ4n) is 2.55. The summed E-state index contributed by atoms with van der Waals surface area (Å²) >= 11 is 0. The summed E-state index contributed by atoms with van der Waals surface area (Å²) in [4.78, 5) is 15.6. The van der Waals surface area contributed by atoms with E-state index in [9.17, 15) is 4.79 Å². The number of aromatic nitrogens is 3. The highest BCUT2D eigenvalue weighted by Crippen LogP contribution is 2.22. The molecule has 2 aromatic rings. The van der Waals surface area contributed by atoms with Crippen LogP contribution in [0.3, 0.4) is 0 Å². The van der Waals surface area contributed by atoms with Crippen molar-refractivity contribution in [1.29, 1.82) is 0 Å². The van der Waals surface area contributed by atoms with Crippen molar-refractivity contribution < 1.29 is 9.90 Å². The van der Waals surface area contributed by atoms with Gasteiger partial charge in [0.1, 0.15) is 0 Å². The van der Waals surface area contributed by atoms with Gasteiger partial charge in [0.05, 0.1) is 11.6 Å². The zero-order valence-corrected chi connectivity index (χ0v) is 11.5. The number of rotatable bonds is 2. The highest BCUT2D eigenvalue weighted by molar-refractivity contribution is 5.87. The Kier molecular flexibility index (Phi) is 3.15. The minimum Gasteiger partial charge on any atom is -0.478 e. The van der Waals surface area contributed by atoms with E-state index in [0.717, 1.165) is 25.5 Å². The minimum atomic E-state index is -0.944. The number of carboxylic acid groups (broad SMARTS) is 1. The average Bonchev–Trinajstić information content (AvgIpc) is 2.84. The highest BCUT2D eigenvalue weighted by atomic mass is 16.4. The zero-order chi connectivity index (χ0) is 14.3. The monoisotopic (exact) mass is 275 g/mol. The van der Waals surface area contributed by atoms with Crippen molar-refractivity contribution in [3.05, 3.63) is 29.7 Å². The summed E-state index contributed by atoms with van der Waals surface area (Å²) < 4.78 is 1.78. The molecule has 0 radical (unpaired) electrons. The Labute approximate surface area is 116 Å². The Balaban J connectivity index is 2.06. The quantitative estimate of drug-likeness (QED) is 0.852. The molecule has 0 amide bonds. The number of pyridine rings is 1. The van der Waals surface area contributed by atoms with E-state index < -0.39 is 5.97 Å². The van der Waals surface area contributed by atoms with Gasteiger partial charge in [0.25, 0.3) is 0 Å². The Hall–Kier alpha value is -1.99. The van der Waals surface area contributed by atoms with Crippen LogP contribution in [0.2, 0.25) is 0 Å². The molecule has 1 aliphatic heterocycles. The maximum Gasteiger partial charge on any atom is 0.337 e. The molecule has 20 heavy (non-hydrogen) atoms. The number of likely N-dealkylation sites (N-methyl/N-ethyl adjacent to an activating group) is 2. The second kappa shape index (κ2) is 4.84. The van der Waals surface area contributed by atoms with Gasteiger partial charge in [-0.15, -0.1) is 10.2 Å². The molecule has 0 aromatic carbocycles. The lowest BCUT2D eigenvalue weighted by atomic mass is 10.1. The van der Waals surface area contributed by atoms with Crippen LogP contribution < -0.4 is 0 Å². The van der Waals surface area contributed by atoms with Crippen molar-refractivity contribution in [2.24, 2.45) is 0 Å². The summed E-state index contributed by atoms with van der Waals surface area (Å²) in [5.41, 5.74) is 0.914. The van der Waals surface area contributed by atoms with Crippen molar-refractivity contribution in [3.63, 3.8) is 0 Å². The van der Waals surface area contributed by atoms with Crippen LogP contribution in [0, 0.1) is 0 Å². The lowest BCUT2D eigenvalue weighted by Gasteiger charge is -2.36. The molecule has 1 aliphatic rings. The molecule has 7 nitrogen and oxygen atoms in total. The average molecular weight is 275 g/mol. The number of fused-ring (bicyclic) bond motifs is 1. The molecule has 1 atom stereocenters. The van der Waals surface area contributed by atoms with Gasteiger partial charge in [0, 0.05) is 25.8 Å². The molecule has 106 valence electrons. The molecular weight excluding hydrogens is 258 g/mol. The molecule has 1 N–H and O–H groups in total. The molecule has 0 saturated carbocycles. The Morgan fingerprint density at radius 3 is 2.85 bits per heavy atom. The first-order valence-electron chi connectivity index (χ1n) is 6.53. The zero-order valence-electron chi connectivity index (χ0n) is 11.5. The van der Waals surface area contributed by atoms with Crippen molar-refractivity contribution in [3.8, 4) is 0 Å². The number of nitrogens with zero attached hydrogens (tertiary/aromatic N) is 5. The van der Waals surface area contributed by atoms with Crippen LogP contribution in [-0.2, 0) is 0 Å². The first-order valence-corrected chi connectivity index (χ1v) is 6.53. The van der Waals surface area contributed by atoms with E-state index in [1.165, 1.54) is 0 Å². The van der Waals surface area contributed by atoms with Crippen LogP contribution in [-0.4, -0.2) is 69.2 Å². The van der Waals surface area contributed by atoms with E-state index in [2.05, 4.69) is 34.1 Å². The number of piperazine rings is 1.